The number of rotatable bonds is 16. The minimum Gasteiger partial charge on any atom is -0.508 e. The largest absolute Gasteiger partial charge is 0.508 e. The first-order chi connectivity index (χ1) is 20.7. The third-order valence-corrected chi connectivity index (χ3v) is 7.06. The van der Waals surface area contributed by atoms with Gasteiger partial charge in [-0.25, -0.2) is 0 Å². The Kier molecular flexibility index (Phi) is 13.5. The number of primary amides is 2. The lowest BCUT2D eigenvalue weighted by molar-refractivity contribution is -0.141. The van der Waals surface area contributed by atoms with Crippen LogP contribution in [0.2, 0.25) is 0 Å². The number of nitrogens with two attached hydrogens (primary N) is 3. The maximum atomic E-state index is 13.5. The Bertz CT molecular complexity index is 1220. The zero-order valence-corrected chi connectivity index (χ0v) is 24.8. The number of hydrogen-bond donors (Lipinski definition) is 8. The van der Waals surface area contributed by atoms with Gasteiger partial charge in [-0.05, 0) is 42.9 Å². The molecule has 2 rings (SSSR count). The molecule has 0 spiro atoms. The maximum absolute atomic E-state index is 13.5. The standard InChI is InChI=1S/C28H42N8O8/c1-15(2)24(25(31)41)35-26(42)18(9-10-21(30)38)33-23(40)14-32-27(43)20-4-3-11-36(20)28(44)19(34-22(39)13-29)12-16-5-7-17(37)8-6-16/h5-8,15,18-20,24,37H,3-4,9-14,29H2,1-2H3,(H2,30,38)(H2,31,41)(H,32,43)(H,33,40)(H,34,39)(H,35,42). The number of phenols is 1. The van der Waals surface area contributed by atoms with Crippen LogP contribution in [0.3, 0.4) is 0 Å². The lowest BCUT2D eigenvalue weighted by Gasteiger charge is -2.29. The molecule has 7 amide bonds. The third kappa shape index (κ3) is 10.8. The van der Waals surface area contributed by atoms with Gasteiger partial charge in [-0.15, -0.1) is 0 Å². The molecule has 1 heterocycles. The highest BCUT2D eigenvalue weighted by atomic mass is 16.3. The number of benzene rings is 1. The van der Waals surface area contributed by atoms with Crippen LogP contribution in [0.15, 0.2) is 24.3 Å². The second-order valence-corrected chi connectivity index (χ2v) is 10.9. The molecule has 16 nitrogen and oxygen atoms in total. The van der Waals surface area contributed by atoms with Crippen LogP contribution in [0.4, 0.5) is 0 Å². The van der Waals surface area contributed by atoms with E-state index in [1.165, 1.54) is 17.0 Å². The molecule has 1 aliphatic rings. The molecule has 1 fully saturated rings. The summed E-state index contributed by atoms with van der Waals surface area (Å²) in [6.45, 7) is 2.67. The molecule has 4 atom stereocenters. The fraction of sp³-hybridized carbons (Fsp3) is 0.536. The van der Waals surface area contributed by atoms with Crippen molar-refractivity contribution in [3.63, 3.8) is 0 Å². The average molecular weight is 619 g/mol. The summed E-state index contributed by atoms with van der Waals surface area (Å²) in [5, 5.41) is 19.5. The van der Waals surface area contributed by atoms with Crippen LogP contribution in [-0.4, -0.2) is 95.2 Å². The fourth-order valence-electron chi connectivity index (χ4n) is 4.73. The molecule has 242 valence electrons. The van der Waals surface area contributed by atoms with E-state index in [0.29, 0.717) is 18.4 Å². The minimum absolute atomic E-state index is 0.0353. The molecular formula is C28H42N8O8. The van der Waals surface area contributed by atoms with Gasteiger partial charge in [-0.2, -0.15) is 0 Å². The number of phenolic OH excluding ortho intramolecular Hbond substituents is 1. The number of carbonyl (C=O) groups is 7. The summed E-state index contributed by atoms with van der Waals surface area (Å²) < 4.78 is 0. The van der Waals surface area contributed by atoms with Crippen LogP contribution < -0.4 is 38.5 Å². The van der Waals surface area contributed by atoms with E-state index in [1.54, 1.807) is 26.0 Å². The predicted molar refractivity (Wildman–Crippen MR) is 157 cm³/mol. The summed E-state index contributed by atoms with van der Waals surface area (Å²) in [5.41, 5.74) is 16.6. The molecule has 0 saturated carbocycles. The van der Waals surface area contributed by atoms with E-state index in [-0.39, 0.29) is 44.0 Å². The molecule has 0 radical (unpaired) electrons. The molecule has 1 saturated heterocycles. The van der Waals surface area contributed by atoms with Crippen LogP contribution in [0.25, 0.3) is 0 Å². The number of hydrogen-bond acceptors (Lipinski definition) is 9. The second-order valence-electron chi connectivity index (χ2n) is 10.9. The van der Waals surface area contributed by atoms with Crippen LogP contribution in [0.1, 0.15) is 45.1 Å². The van der Waals surface area contributed by atoms with Gasteiger partial charge in [-0.1, -0.05) is 26.0 Å². The van der Waals surface area contributed by atoms with E-state index in [2.05, 4.69) is 21.3 Å². The van der Waals surface area contributed by atoms with Crippen LogP contribution in [0.5, 0.6) is 5.75 Å². The molecule has 4 unspecified atom stereocenters. The number of aromatic hydroxyl groups is 1. The van der Waals surface area contributed by atoms with Crippen molar-refractivity contribution in [2.75, 3.05) is 19.6 Å². The highest BCUT2D eigenvalue weighted by Crippen LogP contribution is 2.20. The molecule has 44 heavy (non-hydrogen) atoms. The van der Waals surface area contributed by atoms with Gasteiger partial charge in [0.25, 0.3) is 0 Å². The number of nitrogens with one attached hydrogen (secondary N) is 4. The summed E-state index contributed by atoms with van der Waals surface area (Å²) in [6.07, 6.45) is 0.494. The molecule has 1 aromatic rings. The molecule has 0 aromatic heterocycles. The van der Waals surface area contributed by atoms with Gasteiger partial charge in [0.05, 0.1) is 13.1 Å². The predicted octanol–water partition coefficient (Wildman–Crippen LogP) is -3.14. The lowest BCUT2D eigenvalue weighted by atomic mass is 10.0. The van der Waals surface area contributed by atoms with Gasteiger partial charge in [0, 0.05) is 19.4 Å². The topological polar surface area (TPSA) is 269 Å². The number of nitrogens with zero attached hydrogens (tertiary/aromatic N) is 1. The first kappa shape index (κ1) is 35.5. The van der Waals surface area contributed by atoms with Crippen molar-refractivity contribution in [3.05, 3.63) is 29.8 Å². The second kappa shape index (κ2) is 16.8. The Hall–Kier alpha value is -4.73. The average Bonchev–Trinajstić information content (AvgIpc) is 3.46. The first-order valence-corrected chi connectivity index (χ1v) is 14.3. The molecule has 1 aliphatic heterocycles. The summed E-state index contributed by atoms with van der Waals surface area (Å²) >= 11 is 0. The van der Waals surface area contributed by atoms with Crippen molar-refractivity contribution < 1.29 is 38.7 Å². The minimum atomic E-state index is -1.25. The molecule has 0 bridgehead atoms. The Balaban J connectivity index is 2.07. The van der Waals surface area contributed by atoms with Gasteiger partial charge in [0.1, 0.15) is 29.9 Å². The van der Waals surface area contributed by atoms with Crippen molar-refractivity contribution in [2.24, 2.45) is 23.1 Å². The van der Waals surface area contributed by atoms with Gasteiger partial charge in [0.2, 0.25) is 41.4 Å². The zero-order valence-electron chi connectivity index (χ0n) is 24.8. The summed E-state index contributed by atoms with van der Waals surface area (Å²) in [5.74, 6) is -5.01. The molecule has 16 heteroatoms. The van der Waals surface area contributed by atoms with E-state index < -0.39 is 72.1 Å². The summed E-state index contributed by atoms with van der Waals surface area (Å²) in [6, 6.07) is 1.87. The van der Waals surface area contributed by atoms with E-state index in [1.807, 2.05) is 0 Å². The summed E-state index contributed by atoms with van der Waals surface area (Å²) in [7, 11) is 0. The van der Waals surface area contributed by atoms with Gasteiger partial charge < -0.3 is 48.5 Å². The van der Waals surface area contributed by atoms with Crippen molar-refractivity contribution in [1.29, 1.82) is 0 Å². The Morgan fingerprint density at radius 1 is 0.955 bits per heavy atom. The van der Waals surface area contributed by atoms with Crippen LogP contribution >= 0.6 is 0 Å². The Morgan fingerprint density at radius 2 is 1.59 bits per heavy atom. The SMILES string of the molecule is CC(C)C(NC(=O)C(CCC(N)=O)NC(=O)CNC(=O)C1CCCN1C(=O)C(Cc1ccc(O)cc1)NC(=O)CN)C(N)=O. The van der Waals surface area contributed by atoms with Gasteiger partial charge in [-0.3, -0.25) is 33.6 Å². The van der Waals surface area contributed by atoms with Crippen LogP contribution in [0, 0.1) is 5.92 Å². The van der Waals surface area contributed by atoms with Crippen LogP contribution in [-0.2, 0) is 40.0 Å². The zero-order chi connectivity index (χ0) is 33.0. The quantitative estimate of drug-likeness (QED) is 0.0928. The summed E-state index contributed by atoms with van der Waals surface area (Å²) in [4.78, 5) is 88.5. The molecule has 1 aromatic carbocycles. The highest BCUT2D eigenvalue weighted by Gasteiger charge is 2.38. The normalized spacial score (nSPS) is 16.4. The van der Waals surface area contributed by atoms with Crippen molar-refractivity contribution >= 4 is 41.4 Å². The van der Waals surface area contributed by atoms with E-state index in [9.17, 15) is 38.7 Å². The number of carbonyl (C=O) groups excluding carboxylic acids is 7. The monoisotopic (exact) mass is 618 g/mol. The van der Waals surface area contributed by atoms with E-state index in [0.717, 1.165) is 0 Å². The van der Waals surface area contributed by atoms with Gasteiger partial charge in [0.15, 0.2) is 0 Å². The third-order valence-electron chi connectivity index (χ3n) is 7.06. The molecular weight excluding hydrogens is 576 g/mol. The lowest BCUT2D eigenvalue weighted by Crippen LogP contribution is -2.57. The Morgan fingerprint density at radius 3 is 2.16 bits per heavy atom. The van der Waals surface area contributed by atoms with E-state index >= 15 is 0 Å². The first-order valence-electron chi connectivity index (χ1n) is 14.3. The van der Waals surface area contributed by atoms with Crippen molar-refractivity contribution in [3.8, 4) is 5.75 Å². The molecule has 0 aliphatic carbocycles. The van der Waals surface area contributed by atoms with Crippen molar-refractivity contribution in [1.82, 2.24) is 26.2 Å². The number of likely N-dealkylation sites (tertiary alicyclic amines) is 1. The smallest absolute Gasteiger partial charge is 0.246 e. The highest BCUT2D eigenvalue weighted by molar-refractivity contribution is 5.95. The molecule has 11 N–H and O–H groups in total. The maximum Gasteiger partial charge on any atom is 0.246 e. The van der Waals surface area contributed by atoms with Gasteiger partial charge >= 0.3 is 0 Å². The number of amides is 7. The van der Waals surface area contributed by atoms with E-state index in [4.69, 9.17) is 17.2 Å². The fourth-order valence-corrected chi connectivity index (χ4v) is 4.73. The van der Waals surface area contributed by atoms with Crippen molar-refractivity contribution in [2.45, 2.75) is 70.1 Å². The Labute approximate surface area is 254 Å².